The maximum absolute atomic E-state index is 15.7. The van der Waals surface area contributed by atoms with Gasteiger partial charge >= 0.3 is 0 Å². The Morgan fingerprint density at radius 1 is 1.00 bits per heavy atom. The highest BCUT2D eigenvalue weighted by molar-refractivity contribution is 6.31. The topological polar surface area (TPSA) is 160 Å². The molecular formula is C43H43ClFN9O4. The van der Waals surface area contributed by atoms with Crippen molar-refractivity contribution in [2.45, 2.75) is 76.9 Å². The summed E-state index contributed by atoms with van der Waals surface area (Å²) in [6.45, 7) is 8.48. The molecule has 0 radical (unpaired) electrons. The van der Waals surface area contributed by atoms with Crippen molar-refractivity contribution in [1.29, 1.82) is 0 Å². The zero-order valence-corrected chi connectivity index (χ0v) is 33.1. The van der Waals surface area contributed by atoms with Crippen LogP contribution in [-0.4, -0.2) is 66.5 Å². The third-order valence-corrected chi connectivity index (χ3v) is 11.1. The second-order valence-corrected chi connectivity index (χ2v) is 16.4. The van der Waals surface area contributed by atoms with Gasteiger partial charge in [-0.2, -0.15) is 10.1 Å². The molecule has 2 saturated heterocycles. The number of rotatable bonds is 10. The van der Waals surface area contributed by atoms with E-state index < -0.39 is 23.2 Å². The van der Waals surface area contributed by atoms with Gasteiger partial charge in [-0.25, -0.2) is 13.9 Å². The van der Waals surface area contributed by atoms with Crippen molar-refractivity contribution in [3.05, 3.63) is 118 Å². The van der Waals surface area contributed by atoms with Gasteiger partial charge in [-0.3, -0.25) is 24.6 Å². The number of hydrogen-bond donors (Lipinski definition) is 3. The van der Waals surface area contributed by atoms with Crippen LogP contribution in [0.15, 0.2) is 83.8 Å². The van der Waals surface area contributed by atoms with Gasteiger partial charge in [-0.15, -0.1) is 0 Å². The van der Waals surface area contributed by atoms with Crippen molar-refractivity contribution in [2.75, 3.05) is 18.4 Å². The van der Waals surface area contributed by atoms with Gasteiger partial charge in [0.25, 0.3) is 11.7 Å². The maximum atomic E-state index is 15.7. The second-order valence-electron chi connectivity index (χ2n) is 16.0. The lowest BCUT2D eigenvalue weighted by Gasteiger charge is -2.32. The van der Waals surface area contributed by atoms with Gasteiger partial charge in [0.05, 0.1) is 5.52 Å². The van der Waals surface area contributed by atoms with Crippen molar-refractivity contribution < 1.29 is 23.3 Å². The average Bonchev–Trinajstić information content (AvgIpc) is 3.89. The van der Waals surface area contributed by atoms with Gasteiger partial charge in [0, 0.05) is 53.0 Å². The van der Waals surface area contributed by atoms with Crippen molar-refractivity contribution in [3.63, 3.8) is 0 Å². The van der Waals surface area contributed by atoms with Gasteiger partial charge < -0.3 is 15.2 Å². The van der Waals surface area contributed by atoms with Gasteiger partial charge in [0.1, 0.15) is 23.9 Å². The Balaban J connectivity index is 0.874. The number of hydrogen-bond acceptors (Lipinski definition) is 10. The molecule has 6 aromatic rings. The van der Waals surface area contributed by atoms with E-state index in [1.807, 2.05) is 45.2 Å². The number of nitrogens with one attached hydrogen (secondary N) is 3. The monoisotopic (exact) mass is 803 g/mol. The molecule has 5 heterocycles. The first-order chi connectivity index (χ1) is 27.9. The normalized spacial score (nSPS) is 16.7. The Morgan fingerprint density at radius 2 is 1.76 bits per heavy atom. The van der Waals surface area contributed by atoms with Crippen LogP contribution in [0.1, 0.15) is 85.6 Å². The smallest absolute Gasteiger partial charge is 0.292 e. The first-order valence-electron chi connectivity index (χ1n) is 19.3. The molecule has 0 aliphatic carbocycles. The Hall–Kier alpha value is -5.99. The minimum absolute atomic E-state index is 0.0412. The van der Waals surface area contributed by atoms with Crippen LogP contribution in [0, 0.1) is 5.82 Å². The standard InChI is InChI=1S/C43H43ClFN9O4/c1-43(2,3)42-51-39(52-58-42)41(57)46-21-29-18-34(45)32(20-33(29)44)38-36-19-30(23-54(36)48-24-47-38)27-6-4-25(5-7-27)22-53-16-14-28(15-17-53)26-8-10-31(11-9-26)49-35-12-13-37(55)50-40(35)56/h4-11,18-20,23-24,28,35,49H,12-17,21-22H2,1-3H3,(H,46,57)(H,50,55,56). The molecule has 2 aliphatic heterocycles. The van der Waals surface area contributed by atoms with Crippen molar-refractivity contribution in [1.82, 2.24) is 40.3 Å². The third-order valence-electron chi connectivity index (χ3n) is 10.8. The number of benzene rings is 3. The third kappa shape index (κ3) is 8.48. The maximum Gasteiger partial charge on any atom is 0.292 e. The van der Waals surface area contributed by atoms with Gasteiger partial charge in [-0.05, 0) is 90.9 Å². The minimum atomic E-state index is -0.560. The zero-order chi connectivity index (χ0) is 40.6. The molecular weight excluding hydrogens is 761 g/mol. The summed E-state index contributed by atoms with van der Waals surface area (Å²) in [6, 6.07) is 21.1. The Bertz CT molecular complexity index is 2490. The van der Waals surface area contributed by atoms with Crippen molar-refractivity contribution in [2.24, 2.45) is 0 Å². The Labute approximate surface area is 339 Å². The number of aromatic nitrogens is 5. The van der Waals surface area contributed by atoms with E-state index in [0.717, 1.165) is 49.3 Å². The summed E-state index contributed by atoms with van der Waals surface area (Å²) in [4.78, 5) is 47.3. The predicted molar refractivity (Wildman–Crippen MR) is 216 cm³/mol. The van der Waals surface area contributed by atoms with E-state index in [2.05, 4.69) is 77.5 Å². The first-order valence-corrected chi connectivity index (χ1v) is 19.7. The lowest BCUT2D eigenvalue weighted by molar-refractivity contribution is -0.133. The quantitative estimate of drug-likeness (QED) is 0.122. The molecule has 1 unspecified atom stereocenters. The van der Waals surface area contributed by atoms with Gasteiger partial charge in [-0.1, -0.05) is 73.9 Å². The van der Waals surface area contributed by atoms with E-state index >= 15 is 4.39 Å². The molecule has 3 amide bonds. The number of anilines is 1. The summed E-state index contributed by atoms with van der Waals surface area (Å²) in [5, 5.41) is 16.7. The van der Waals surface area contributed by atoms with Crippen molar-refractivity contribution in [3.8, 4) is 22.4 Å². The van der Waals surface area contributed by atoms with E-state index in [1.165, 1.54) is 29.6 Å². The van der Waals surface area contributed by atoms with Crippen LogP contribution >= 0.6 is 11.6 Å². The molecule has 58 heavy (non-hydrogen) atoms. The molecule has 3 aromatic heterocycles. The number of halogens is 2. The molecule has 15 heteroatoms. The lowest BCUT2D eigenvalue weighted by atomic mass is 9.89. The summed E-state index contributed by atoms with van der Waals surface area (Å²) in [6.07, 6.45) is 6.24. The molecule has 8 rings (SSSR count). The number of carbonyl (C=O) groups excluding carboxylic acids is 3. The van der Waals surface area contributed by atoms with E-state index in [9.17, 15) is 14.4 Å². The number of nitrogens with zero attached hydrogens (tertiary/aromatic N) is 6. The van der Waals surface area contributed by atoms with Gasteiger partial charge in [0.2, 0.25) is 17.7 Å². The highest BCUT2D eigenvalue weighted by Gasteiger charge is 2.27. The molecule has 0 bridgehead atoms. The number of imide groups is 1. The SMILES string of the molecule is CC(C)(C)c1nc(C(=O)NCc2cc(F)c(-c3ncnn4cc(-c5ccc(CN6CCC(c7ccc(NC8CCC(=O)NC8=O)cc7)CC6)cc5)cc34)cc2Cl)no1. The van der Waals surface area contributed by atoms with Crippen LogP contribution < -0.4 is 16.0 Å². The summed E-state index contributed by atoms with van der Waals surface area (Å²) >= 11 is 6.62. The molecule has 13 nitrogen and oxygen atoms in total. The fraction of sp³-hybridized carbons (Fsp3) is 0.326. The average molecular weight is 804 g/mol. The van der Waals surface area contributed by atoms with E-state index in [0.29, 0.717) is 41.4 Å². The fourth-order valence-electron chi connectivity index (χ4n) is 7.44. The van der Waals surface area contributed by atoms with E-state index in [-0.39, 0.29) is 34.8 Å². The summed E-state index contributed by atoms with van der Waals surface area (Å²) < 4.78 is 22.6. The highest BCUT2D eigenvalue weighted by atomic mass is 35.5. The number of carbonyl (C=O) groups is 3. The van der Waals surface area contributed by atoms with Crippen LogP contribution in [-0.2, 0) is 28.1 Å². The predicted octanol–water partition coefficient (Wildman–Crippen LogP) is 7.06. The molecule has 3 N–H and O–H groups in total. The van der Waals surface area contributed by atoms with Crippen LogP contribution in [0.2, 0.25) is 5.02 Å². The Kier molecular flexibility index (Phi) is 10.8. The molecule has 3 aromatic carbocycles. The molecule has 298 valence electrons. The second kappa shape index (κ2) is 16.1. The van der Waals surface area contributed by atoms with Crippen molar-refractivity contribution >= 4 is 40.5 Å². The summed E-state index contributed by atoms with van der Waals surface area (Å²) in [5.74, 6) is -0.895. The molecule has 2 fully saturated rings. The Morgan fingerprint density at radius 3 is 2.47 bits per heavy atom. The minimum Gasteiger partial charge on any atom is -0.374 e. The van der Waals surface area contributed by atoms with Crippen LogP contribution in [0.25, 0.3) is 27.9 Å². The van der Waals surface area contributed by atoms with E-state index in [4.69, 9.17) is 16.1 Å². The largest absolute Gasteiger partial charge is 0.374 e. The van der Waals surface area contributed by atoms with Crippen LogP contribution in [0.3, 0.4) is 0 Å². The number of fused-ring (bicyclic) bond motifs is 1. The summed E-state index contributed by atoms with van der Waals surface area (Å²) in [7, 11) is 0. The molecule has 0 spiro atoms. The lowest BCUT2D eigenvalue weighted by Crippen LogP contribution is -2.47. The zero-order valence-electron chi connectivity index (χ0n) is 32.4. The number of amides is 3. The van der Waals surface area contributed by atoms with Crippen LogP contribution in [0.5, 0.6) is 0 Å². The molecule has 1 atom stereocenters. The molecule has 2 aliphatic rings. The number of likely N-dealkylation sites (tertiary alicyclic amines) is 1. The molecule has 0 saturated carbocycles. The first kappa shape index (κ1) is 38.9. The van der Waals surface area contributed by atoms with Crippen LogP contribution in [0.4, 0.5) is 10.1 Å². The summed E-state index contributed by atoms with van der Waals surface area (Å²) in [5.41, 5.74) is 6.49. The number of piperidine rings is 2. The van der Waals surface area contributed by atoms with Gasteiger partial charge in [0.15, 0.2) is 0 Å². The fourth-order valence-corrected chi connectivity index (χ4v) is 7.67. The highest BCUT2D eigenvalue weighted by Crippen LogP contribution is 2.34. The van der Waals surface area contributed by atoms with E-state index in [1.54, 1.807) is 4.52 Å².